The van der Waals surface area contributed by atoms with Crippen LogP contribution in [0.3, 0.4) is 0 Å². The fraction of sp³-hybridized carbons (Fsp3) is 0.729. The van der Waals surface area contributed by atoms with Crippen molar-refractivity contribution in [1.82, 2.24) is 47.9 Å². The number of aliphatic carboxylic acids is 1. The third-order valence-corrected chi connectivity index (χ3v) is 12.4. The monoisotopic (exact) mass is 1140 g/mol. The molecule has 444 valence electrons. The highest BCUT2D eigenvalue weighted by atomic mass is 35.5. The van der Waals surface area contributed by atoms with E-state index < -0.39 is 176 Å². The number of aliphatic hydroxyl groups excluding tert-OH is 5. The van der Waals surface area contributed by atoms with Gasteiger partial charge in [-0.3, -0.25) is 43.2 Å². The van der Waals surface area contributed by atoms with Crippen molar-refractivity contribution < 1.29 is 88.1 Å². The number of carbonyl (C=O) groups excluding carboxylic acids is 10. The van der Waals surface area contributed by atoms with Crippen LogP contribution in [-0.4, -0.2) is 201 Å². The number of carboxylic acids is 1. The van der Waals surface area contributed by atoms with Gasteiger partial charge in [0.25, 0.3) is 5.91 Å². The maximum atomic E-state index is 13.9. The molecule has 1 aliphatic heterocycles. The quantitative estimate of drug-likeness (QED) is 0.0176. The number of nitrogens with two attached hydrogens (primary N) is 2. The molecular weight excluding hydrogens is 1050 g/mol. The molecule has 0 saturated carbocycles. The molecule has 78 heavy (non-hydrogen) atoms. The number of esters is 1. The minimum Gasteiger partial charge on any atom is -0.479 e. The molecule has 0 bridgehead atoms. The zero-order valence-corrected chi connectivity index (χ0v) is 45.1. The van der Waals surface area contributed by atoms with E-state index in [-0.39, 0.29) is 38.8 Å². The summed E-state index contributed by atoms with van der Waals surface area (Å²) in [5.41, 5.74) is 10.6. The van der Waals surface area contributed by atoms with Crippen LogP contribution < -0.4 is 59.3 Å². The Morgan fingerprint density at radius 1 is 0.705 bits per heavy atom. The van der Waals surface area contributed by atoms with E-state index >= 15 is 0 Å². The summed E-state index contributed by atoms with van der Waals surface area (Å²) in [4.78, 5) is 148. The van der Waals surface area contributed by atoms with Crippen molar-refractivity contribution >= 4 is 76.7 Å². The summed E-state index contributed by atoms with van der Waals surface area (Å²) < 4.78 is 5.26. The zero-order valence-electron chi connectivity index (χ0n) is 44.4. The minimum absolute atomic E-state index is 0.00559. The highest BCUT2D eigenvalue weighted by Crippen LogP contribution is 2.13. The molecule has 1 rings (SSSR count). The fourth-order valence-corrected chi connectivity index (χ4v) is 7.80. The van der Waals surface area contributed by atoms with Crippen molar-refractivity contribution in [2.45, 2.75) is 184 Å². The molecule has 19 N–H and O–H groups in total. The van der Waals surface area contributed by atoms with Gasteiger partial charge in [0.15, 0.2) is 12.1 Å². The van der Waals surface area contributed by atoms with Gasteiger partial charge in [0, 0.05) is 6.61 Å². The van der Waals surface area contributed by atoms with Crippen molar-refractivity contribution in [1.29, 1.82) is 0 Å². The first-order valence-electron chi connectivity index (χ1n) is 26.0. The lowest BCUT2D eigenvalue weighted by molar-refractivity contribution is -0.155. The van der Waals surface area contributed by atoms with Gasteiger partial charge in [0.1, 0.15) is 48.6 Å². The number of halogens is 1. The van der Waals surface area contributed by atoms with E-state index in [0.717, 1.165) is 57.9 Å². The Labute approximate surface area is 457 Å². The van der Waals surface area contributed by atoms with Gasteiger partial charge in [-0.15, -0.1) is 11.6 Å². The van der Waals surface area contributed by atoms with E-state index in [1.54, 1.807) is 0 Å². The number of amides is 9. The molecule has 0 spiro atoms. The predicted octanol–water partition coefficient (Wildman–Crippen LogP) is -5.36. The SMILES string of the molecule is CC=C1NC(=O)C(C(C)O)NC(=O)C(CCCN)NC(=O)C(CCO)NC(=O)CNC(=O)C(CCN)NC(=O)C(NC(=O)CC(O)CCCCCCCCCCC)COC(=O)C(C(O)CCl)NC(=O)C(C(O)C(=O)O)NC1=O. The van der Waals surface area contributed by atoms with Gasteiger partial charge in [-0.1, -0.05) is 70.8 Å². The average Bonchev–Trinajstić information content (AvgIpc) is 3.39. The van der Waals surface area contributed by atoms with Crippen molar-refractivity contribution in [2.75, 3.05) is 38.7 Å². The van der Waals surface area contributed by atoms with Gasteiger partial charge < -0.3 is 94.7 Å². The van der Waals surface area contributed by atoms with Crippen LogP contribution in [0.2, 0.25) is 0 Å². The number of cyclic esters (lactones) is 1. The van der Waals surface area contributed by atoms with E-state index in [1.807, 2.05) is 10.6 Å². The number of unbranched alkanes of at least 4 members (excludes halogenated alkanes) is 8. The highest BCUT2D eigenvalue weighted by molar-refractivity contribution is 6.18. The Balaban J connectivity index is 3.80. The number of alkyl halides is 1. The molecule has 1 saturated heterocycles. The molecule has 9 amide bonds. The Morgan fingerprint density at radius 2 is 1.28 bits per heavy atom. The number of hydrogen-bond donors (Lipinski definition) is 17. The van der Waals surface area contributed by atoms with Gasteiger partial charge in [-0.05, 0) is 59.0 Å². The molecule has 29 nitrogen and oxygen atoms in total. The second kappa shape index (κ2) is 38.5. The van der Waals surface area contributed by atoms with E-state index in [0.29, 0.717) is 6.42 Å². The van der Waals surface area contributed by atoms with Crippen molar-refractivity contribution in [3.63, 3.8) is 0 Å². The van der Waals surface area contributed by atoms with Gasteiger partial charge in [-0.2, -0.15) is 0 Å². The number of aliphatic hydroxyl groups is 5. The lowest BCUT2D eigenvalue weighted by atomic mass is 10.0. The number of allylic oxidation sites excluding steroid dienone is 1. The van der Waals surface area contributed by atoms with E-state index in [9.17, 15) is 83.4 Å². The first-order chi connectivity index (χ1) is 37.0. The number of ether oxygens (including phenoxy) is 1. The molecule has 1 aliphatic rings. The van der Waals surface area contributed by atoms with Crippen LogP contribution >= 0.6 is 11.6 Å². The Morgan fingerprint density at radius 3 is 1.85 bits per heavy atom. The van der Waals surface area contributed by atoms with Crippen LogP contribution in [0, 0.1) is 0 Å². The van der Waals surface area contributed by atoms with Crippen molar-refractivity contribution in [3.05, 3.63) is 11.8 Å². The van der Waals surface area contributed by atoms with E-state index in [2.05, 4.69) is 44.1 Å². The predicted molar refractivity (Wildman–Crippen MR) is 278 cm³/mol. The Kier molecular flexibility index (Phi) is 34.5. The summed E-state index contributed by atoms with van der Waals surface area (Å²) in [6, 6.07) is -13.3. The van der Waals surface area contributed by atoms with Gasteiger partial charge in [0.2, 0.25) is 47.3 Å². The smallest absolute Gasteiger partial charge is 0.335 e. The van der Waals surface area contributed by atoms with Crippen LogP contribution in [0.25, 0.3) is 0 Å². The van der Waals surface area contributed by atoms with Crippen LogP contribution in [0.4, 0.5) is 0 Å². The highest BCUT2D eigenvalue weighted by Gasteiger charge is 2.40. The summed E-state index contributed by atoms with van der Waals surface area (Å²) in [7, 11) is 0. The third-order valence-electron chi connectivity index (χ3n) is 12.1. The molecular formula is C48H82ClN11O18. The minimum atomic E-state index is -2.80. The summed E-state index contributed by atoms with van der Waals surface area (Å²) >= 11 is 5.84. The summed E-state index contributed by atoms with van der Waals surface area (Å²) in [6.45, 7) is 1.46. The first-order valence-corrected chi connectivity index (χ1v) is 26.6. The van der Waals surface area contributed by atoms with Crippen LogP contribution in [0.15, 0.2) is 11.8 Å². The molecule has 0 aromatic heterocycles. The standard InChI is InChI=1S/C48H82ClN11O18/c1-4-6-7-8-9-10-11-12-13-15-27(63)22-34(65)54-32-25-78-48(77)37(33(64)23-49)59-46(74)38(39(67)47(75)76)60-41(69)28(5-2)55-45(73)36(26(3)62)58-43(71)29(16-14-19-50)56-42(70)31(18-21-61)53-35(66)24-52-40(68)30(17-20-51)57-44(32)72/h5,26-27,29-33,36-39,61-64,67H,4,6-25,50-51H2,1-3H3,(H,52,68)(H,53,66)(H,54,65)(H,55,73)(H,56,70)(H,57,72)(H,58,71)(H,59,74)(H,60,69)(H,75,76). The molecule has 1 heterocycles. The maximum absolute atomic E-state index is 13.9. The van der Waals surface area contributed by atoms with E-state index in [1.165, 1.54) is 13.3 Å². The second-order valence-electron chi connectivity index (χ2n) is 18.6. The number of carbonyl (C=O) groups is 11. The number of carboxylic acid groups (broad SMARTS) is 1. The molecule has 0 radical (unpaired) electrons. The lowest BCUT2D eigenvalue weighted by Crippen LogP contribution is -2.62. The van der Waals surface area contributed by atoms with Crippen LogP contribution in [-0.2, 0) is 57.5 Å². The molecule has 0 aliphatic carbocycles. The lowest BCUT2D eigenvalue weighted by Gasteiger charge is -2.28. The summed E-state index contributed by atoms with van der Waals surface area (Å²) in [5.74, 6) is -15.3. The molecule has 0 aromatic rings. The third kappa shape index (κ3) is 26.0. The molecule has 11 atom stereocenters. The molecule has 1 fully saturated rings. The normalized spacial score (nSPS) is 24.4. The summed E-state index contributed by atoms with van der Waals surface area (Å²) in [6.07, 6.45) is 0.901. The zero-order chi connectivity index (χ0) is 58.9. The van der Waals surface area contributed by atoms with Crippen molar-refractivity contribution in [3.8, 4) is 0 Å². The Hall–Kier alpha value is -6.08. The first kappa shape index (κ1) is 69.9. The molecule has 11 unspecified atom stereocenters. The second-order valence-corrected chi connectivity index (χ2v) is 18.9. The molecule has 30 heteroatoms. The van der Waals surface area contributed by atoms with E-state index in [4.69, 9.17) is 27.8 Å². The van der Waals surface area contributed by atoms with Gasteiger partial charge >= 0.3 is 11.9 Å². The van der Waals surface area contributed by atoms with Gasteiger partial charge in [-0.25, -0.2) is 9.59 Å². The largest absolute Gasteiger partial charge is 0.479 e. The Bertz CT molecular complexity index is 2020. The fourth-order valence-electron chi connectivity index (χ4n) is 7.63. The number of hydrogen-bond acceptors (Lipinski definition) is 19. The number of nitrogens with one attached hydrogen (secondary N) is 9. The average molecular weight is 1140 g/mol. The topological polar surface area (TPSA) is 479 Å². The van der Waals surface area contributed by atoms with Crippen LogP contribution in [0.5, 0.6) is 0 Å². The molecule has 0 aromatic carbocycles. The summed E-state index contributed by atoms with van der Waals surface area (Å²) in [5, 5.41) is 81.9. The van der Waals surface area contributed by atoms with Crippen LogP contribution in [0.1, 0.15) is 117 Å². The maximum Gasteiger partial charge on any atom is 0.335 e. The van der Waals surface area contributed by atoms with Gasteiger partial charge in [0.05, 0.1) is 37.2 Å². The van der Waals surface area contributed by atoms with Crippen molar-refractivity contribution in [2.24, 2.45) is 11.5 Å². The number of rotatable bonds is 25.